The monoisotopic (exact) mass is 221 g/mol. The van der Waals surface area contributed by atoms with Crippen LogP contribution in [0.1, 0.15) is 16.8 Å². The van der Waals surface area contributed by atoms with Crippen LogP contribution in [0.5, 0.6) is 0 Å². The number of ketones is 1. The van der Waals surface area contributed by atoms with Gasteiger partial charge in [0.25, 0.3) is 0 Å². The average molecular weight is 222 g/mol. The Labute approximate surface area is 94.2 Å². The Morgan fingerprint density at radius 1 is 1.47 bits per heavy atom. The van der Waals surface area contributed by atoms with E-state index in [1.54, 1.807) is 0 Å². The fourth-order valence-corrected chi connectivity index (χ4v) is 1.99. The number of hydrogen-bond donors (Lipinski definition) is 0. The molecule has 1 heterocycles. The van der Waals surface area contributed by atoms with Crippen LogP contribution in [0.3, 0.4) is 0 Å². The summed E-state index contributed by atoms with van der Waals surface area (Å²) in [7, 11) is 0. The number of anilines is 1. The molecule has 78 valence electrons. The molecule has 0 amide bonds. The second-order valence-corrected chi connectivity index (χ2v) is 4.16. The molecule has 0 unspecified atom stereocenters. The first-order chi connectivity index (χ1) is 7.18. The van der Waals surface area contributed by atoms with Crippen molar-refractivity contribution >= 4 is 23.1 Å². The highest BCUT2D eigenvalue weighted by atomic mass is 35.5. The summed E-state index contributed by atoms with van der Waals surface area (Å²) in [4.78, 5) is 13.7. The molecule has 1 aromatic rings. The van der Waals surface area contributed by atoms with E-state index in [2.05, 4.69) is 11.5 Å². The third-order valence-electron chi connectivity index (χ3n) is 2.52. The first kappa shape index (κ1) is 10.2. The second kappa shape index (κ2) is 4.07. The summed E-state index contributed by atoms with van der Waals surface area (Å²) in [6.07, 6.45) is 0.557. The summed E-state index contributed by atoms with van der Waals surface area (Å²) < 4.78 is 0. The van der Waals surface area contributed by atoms with Crippen LogP contribution < -0.4 is 4.90 Å². The third-order valence-corrected chi connectivity index (χ3v) is 2.64. The number of benzene rings is 1. The number of carbonyl (C=O) groups excluding carboxylic acids is 1. The van der Waals surface area contributed by atoms with Crippen molar-refractivity contribution in [2.45, 2.75) is 6.42 Å². The summed E-state index contributed by atoms with van der Waals surface area (Å²) in [6, 6.07) is 7.63. The molecular formula is C12H12ClNO. The van der Waals surface area contributed by atoms with Crippen molar-refractivity contribution in [3.8, 4) is 0 Å². The maximum atomic E-state index is 11.6. The minimum absolute atomic E-state index is 0.210. The van der Waals surface area contributed by atoms with E-state index in [1.165, 1.54) is 0 Å². The molecule has 0 radical (unpaired) electrons. The Balaban J connectivity index is 2.36. The quantitative estimate of drug-likeness (QED) is 0.766. The molecule has 0 N–H and O–H groups in total. The van der Waals surface area contributed by atoms with E-state index in [1.807, 2.05) is 24.3 Å². The Morgan fingerprint density at radius 2 is 2.20 bits per heavy atom. The summed E-state index contributed by atoms with van der Waals surface area (Å²) in [5.41, 5.74) is 1.76. The van der Waals surface area contributed by atoms with Crippen LogP contribution in [0.25, 0.3) is 0 Å². The molecule has 1 aliphatic rings. The van der Waals surface area contributed by atoms with Gasteiger partial charge in [-0.15, -0.1) is 0 Å². The lowest BCUT2D eigenvalue weighted by Gasteiger charge is -2.30. The van der Waals surface area contributed by atoms with Crippen LogP contribution in [0.2, 0.25) is 0 Å². The SMILES string of the molecule is C=C(Cl)CN1CCC(=O)c2ccccc21. The van der Waals surface area contributed by atoms with Crippen molar-refractivity contribution in [1.82, 2.24) is 0 Å². The molecular weight excluding hydrogens is 210 g/mol. The summed E-state index contributed by atoms with van der Waals surface area (Å²) >= 11 is 5.79. The van der Waals surface area contributed by atoms with Crippen molar-refractivity contribution in [2.75, 3.05) is 18.0 Å². The standard InChI is InChI=1S/C12H12ClNO/c1-9(13)8-14-7-6-12(15)10-4-2-3-5-11(10)14/h2-5H,1,6-8H2. The lowest BCUT2D eigenvalue weighted by Crippen LogP contribution is -2.32. The number of fused-ring (bicyclic) bond motifs is 1. The number of para-hydroxylation sites is 1. The van der Waals surface area contributed by atoms with Crippen LogP contribution >= 0.6 is 11.6 Å². The van der Waals surface area contributed by atoms with E-state index in [0.717, 1.165) is 17.8 Å². The smallest absolute Gasteiger partial charge is 0.166 e. The van der Waals surface area contributed by atoms with Crippen LogP contribution in [0, 0.1) is 0 Å². The lowest BCUT2D eigenvalue weighted by molar-refractivity contribution is 0.0980. The van der Waals surface area contributed by atoms with E-state index in [-0.39, 0.29) is 5.78 Å². The zero-order valence-electron chi connectivity index (χ0n) is 8.37. The van der Waals surface area contributed by atoms with Crippen LogP contribution in [-0.4, -0.2) is 18.9 Å². The van der Waals surface area contributed by atoms with Crippen molar-refractivity contribution < 1.29 is 4.79 Å². The molecule has 0 spiro atoms. The van der Waals surface area contributed by atoms with Gasteiger partial charge in [-0.25, -0.2) is 0 Å². The molecule has 0 bridgehead atoms. The van der Waals surface area contributed by atoms with Crippen LogP contribution in [-0.2, 0) is 0 Å². The Kier molecular flexibility index (Phi) is 2.78. The first-order valence-electron chi connectivity index (χ1n) is 4.89. The maximum absolute atomic E-state index is 11.6. The molecule has 15 heavy (non-hydrogen) atoms. The molecule has 3 heteroatoms. The van der Waals surface area contributed by atoms with Gasteiger partial charge in [-0.1, -0.05) is 30.3 Å². The molecule has 0 saturated heterocycles. The molecule has 1 aliphatic heterocycles. The van der Waals surface area contributed by atoms with Gasteiger partial charge in [0.1, 0.15) is 0 Å². The number of nitrogens with zero attached hydrogens (tertiary/aromatic N) is 1. The summed E-state index contributed by atoms with van der Waals surface area (Å²) in [6.45, 7) is 5.01. The number of carbonyl (C=O) groups is 1. The third kappa shape index (κ3) is 2.05. The largest absolute Gasteiger partial charge is 0.365 e. The number of rotatable bonds is 2. The van der Waals surface area contributed by atoms with E-state index in [9.17, 15) is 4.79 Å². The predicted molar refractivity (Wildman–Crippen MR) is 62.6 cm³/mol. The van der Waals surface area contributed by atoms with Gasteiger partial charge in [0, 0.05) is 29.2 Å². The van der Waals surface area contributed by atoms with Crippen LogP contribution in [0.4, 0.5) is 5.69 Å². The summed E-state index contributed by atoms with van der Waals surface area (Å²) in [5.74, 6) is 0.210. The highest BCUT2D eigenvalue weighted by Gasteiger charge is 2.22. The van der Waals surface area contributed by atoms with E-state index in [0.29, 0.717) is 18.0 Å². The normalized spacial score (nSPS) is 15.0. The van der Waals surface area contributed by atoms with E-state index >= 15 is 0 Å². The predicted octanol–water partition coefficient (Wildman–Crippen LogP) is 2.83. The second-order valence-electron chi connectivity index (χ2n) is 3.63. The number of Topliss-reactive ketones (excluding diaryl/α,β-unsaturated/α-hetero) is 1. The van der Waals surface area contributed by atoms with Crippen molar-refractivity contribution in [3.63, 3.8) is 0 Å². The number of hydrogen-bond acceptors (Lipinski definition) is 2. The van der Waals surface area contributed by atoms with Gasteiger partial charge in [-0.2, -0.15) is 0 Å². The van der Waals surface area contributed by atoms with Gasteiger partial charge in [-0.05, 0) is 12.1 Å². The topological polar surface area (TPSA) is 20.3 Å². The zero-order valence-corrected chi connectivity index (χ0v) is 9.13. The van der Waals surface area contributed by atoms with Gasteiger partial charge in [0.05, 0.1) is 6.54 Å². The van der Waals surface area contributed by atoms with Gasteiger partial charge in [-0.3, -0.25) is 4.79 Å². The Hall–Kier alpha value is -1.28. The molecule has 1 aromatic carbocycles. The lowest BCUT2D eigenvalue weighted by atomic mass is 10.0. The number of halogens is 1. The Bertz CT molecular complexity index is 414. The fourth-order valence-electron chi connectivity index (χ4n) is 1.85. The Morgan fingerprint density at radius 3 is 2.93 bits per heavy atom. The summed E-state index contributed by atoms with van der Waals surface area (Å²) in [5, 5.41) is 0.596. The molecule has 2 nitrogen and oxygen atoms in total. The van der Waals surface area contributed by atoms with Gasteiger partial charge in [0.2, 0.25) is 0 Å². The average Bonchev–Trinajstić information content (AvgIpc) is 2.22. The zero-order chi connectivity index (χ0) is 10.8. The van der Waals surface area contributed by atoms with Crippen molar-refractivity contribution in [2.24, 2.45) is 0 Å². The highest BCUT2D eigenvalue weighted by molar-refractivity contribution is 6.29. The highest BCUT2D eigenvalue weighted by Crippen LogP contribution is 2.27. The van der Waals surface area contributed by atoms with Gasteiger partial charge >= 0.3 is 0 Å². The van der Waals surface area contributed by atoms with E-state index < -0.39 is 0 Å². The van der Waals surface area contributed by atoms with Crippen molar-refractivity contribution in [3.05, 3.63) is 41.4 Å². The van der Waals surface area contributed by atoms with E-state index in [4.69, 9.17) is 11.6 Å². The molecule has 0 fully saturated rings. The van der Waals surface area contributed by atoms with Gasteiger partial charge in [0.15, 0.2) is 5.78 Å². The minimum Gasteiger partial charge on any atom is -0.365 e. The fraction of sp³-hybridized carbons (Fsp3) is 0.250. The molecule has 2 rings (SSSR count). The molecule has 0 atom stereocenters. The molecule has 0 aliphatic carbocycles. The molecule has 0 saturated carbocycles. The van der Waals surface area contributed by atoms with Gasteiger partial charge < -0.3 is 4.90 Å². The minimum atomic E-state index is 0.210. The first-order valence-corrected chi connectivity index (χ1v) is 5.27. The molecule has 0 aromatic heterocycles. The maximum Gasteiger partial charge on any atom is 0.166 e. The van der Waals surface area contributed by atoms with Crippen LogP contribution in [0.15, 0.2) is 35.9 Å². The van der Waals surface area contributed by atoms with Crippen molar-refractivity contribution in [1.29, 1.82) is 0 Å².